The molecule has 0 saturated heterocycles. The van der Waals surface area contributed by atoms with Gasteiger partial charge in [0.25, 0.3) is 11.8 Å². The first-order valence-electron chi connectivity index (χ1n) is 21.5. The third-order valence-electron chi connectivity index (χ3n) is 8.34. The van der Waals surface area contributed by atoms with Crippen molar-refractivity contribution in [2.45, 2.75) is 122 Å². The SMILES string of the molecule is C.C.C.C.C.C.C.C.C.C=Cc1ccc(COc2ncccc2C(N)=O)cc1.CC(Br)C(=O)Cl.COCCO.COCCOC(=O)C(C)Br.COCCOC(=O)C(C)CC(Br)c1ccc(COc2ncccc2C(N)=O)cc1.ClCCl. The summed E-state index contributed by atoms with van der Waals surface area (Å²) < 4.78 is 35.0. The molecule has 23 heteroatoms. The van der Waals surface area contributed by atoms with Gasteiger partial charge in [-0.05, 0) is 78.4 Å². The highest BCUT2D eigenvalue weighted by Crippen LogP contribution is 2.31. The van der Waals surface area contributed by atoms with Crippen LogP contribution in [-0.2, 0) is 51.3 Å². The van der Waals surface area contributed by atoms with Gasteiger partial charge in [0.2, 0.25) is 17.0 Å². The van der Waals surface area contributed by atoms with Crippen LogP contribution in [0.2, 0.25) is 0 Å². The molecule has 0 aliphatic rings. The molecule has 4 aromatic rings. The predicted octanol–water partition coefficient (Wildman–Crippen LogP) is 15.1. The number of esters is 2. The van der Waals surface area contributed by atoms with Crippen LogP contribution in [0.1, 0.15) is 142 Å². The van der Waals surface area contributed by atoms with Crippen molar-refractivity contribution in [3.63, 3.8) is 0 Å². The number of benzene rings is 2. The van der Waals surface area contributed by atoms with E-state index in [1.165, 1.54) is 0 Å². The van der Waals surface area contributed by atoms with E-state index in [0.29, 0.717) is 39.5 Å². The largest absolute Gasteiger partial charge is 0.472 e. The molecule has 0 saturated carbocycles. The van der Waals surface area contributed by atoms with Gasteiger partial charge < -0.3 is 49.7 Å². The minimum atomic E-state index is -0.583. The molecule has 0 bridgehead atoms. The summed E-state index contributed by atoms with van der Waals surface area (Å²) in [7, 11) is 4.68. The highest BCUT2D eigenvalue weighted by atomic mass is 79.9. The lowest BCUT2D eigenvalue weighted by Crippen LogP contribution is -2.18. The number of aliphatic hydroxyl groups excluding tert-OH is 1. The molecule has 4 unspecified atom stereocenters. The Bertz CT molecular complexity index is 2130. The smallest absolute Gasteiger partial charge is 0.319 e. The predicted molar refractivity (Wildman–Crippen MR) is 352 cm³/mol. The first-order valence-corrected chi connectivity index (χ1v) is 25.7. The molecule has 0 aliphatic heterocycles. The van der Waals surface area contributed by atoms with Crippen LogP contribution < -0.4 is 20.9 Å². The number of aromatic nitrogens is 2. The number of rotatable bonds is 23. The maximum atomic E-state index is 12.0. The average Bonchev–Trinajstić information content (AvgIpc) is 3.36. The number of aliphatic hydroxyl groups is 1. The van der Waals surface area contributed by atoms with Crippen molar-refractivity contribution in [1.29, 1.82) is 0 Å². The minimum Gasteiger partial charge on any atom is -0.472 e. The molecule has 2 aromatic carbocycles. The number of ether oxygens (including phenoxy) is 7. The average molecular weight is 1410 g/mol. The molecule has 0 spiro atoms. The molecular formula is C58H100Br3Cl3N4O13. The fourth-order valence-corrected chi connectivity index (χ4v) is 5.60. The van der Waals surface area contributed by atoms with Crippen LogP contribution in [0.15, 0.2) is 91.8 Å². The van der Waals surface area contributed by atoms with Crippen molar-refractivity contribution in [2.75, 3.05) is 66.3 Å². The molecule has 17 nitrogen and oxygen atoms in total. The van der Waals surface area contributed by atoms with Crippen LogP contribution in [-0.4, -0.2) is 120 Å². The molecule has 0 fully saturated rings. The number of nitrogens with zero attached hydrogens (tertiary/aromatic N) is 2. The van der Waals surface area contributed by atoms with Crippen LogP contribution in [0.3, 0.4) is 0 Å². The van der Waals surface area contributed by atoms with E-state index < -0.39 is 11.8 Å². The minimum absolute atomic E-state index is 0. The summed E-state index contributed by atoms with van der Waals surface area (Å²) in [6.45, 7) is 11.5. The highest BCUT2D eigenvalue weighted by Gasteiger charge is 2.20. The van der Waals surface area contributed by atoms with Gasteiger partial charge in [0.05, 0.1) is 42.5 Å². The Kier molecular flexibility index (Phi) is 81.7. The number of carbonyl (C=O) groups excluding carboxylic acids is 5. The van der Waals surface area contributed by atoms with Crippen molar-refractivity contribution in [3.05, 3.63) is 125 Å². The van der Waals surface area contributed by atoms with Gasteiger partial charge in [-0.1, -0.05) is 183 Å². The molecule has 0 radical (unpaired) electrons. The fraction of sp³-hybridized carbons (Fsp3) is 0.500. The third kappa shape index (κ3) is 51.2. The standard InChI is InChI=1S/C21H25BrN2O5.C15H14N2O2.C6H11BrO3.C3H4BrClO.C3H8O2.CH2Cl2.9CH4/c1-14(21(26)28-11-10-27-2)12-18(22)16-7-5-15(6-8-16)13-29-20-17(19(23)25)4-3-9-24-20;1-2-11-5-7-12(8-6-11)10-19-15-13(14(16)18)4-3-9-17-15;1-5(7)6(8)10-4-3-9-2;1-2(4)3(5)6;1-5-3-2-4;2-1-3;;;;;;;;;/h3-9,14,18H,10-13H2,1-2H3,(H2,23,25);2-9H,1,10H2,(H2,16,18);5H,3-4H2,1-2H3;2H,1H3;4H,2-3H2,1H3;1H2;9*1H4. The van der Waals surface area contributed by atoms with Gasteiger partial charge in [-0.25, -0.2) is 9.97 Å². The Morgan fingerprint density at radius 2 is 0.963 bits per heavy atom. The van der Waals surface area contributed by atoms with Gasteiger partial charge in [-0.2, -0.15) is 0 Å². The number of alkyl halides is 5. The third-order valence-corrected chi connectivity index (χ3v) is 10.6. The number of methoxy groups -OCH3 is 3. The molecule has 81 heavy (non-hydrogen) atoms. The van der Waals surface area contributed by atoms with Crippen molar-refractivity contribution in [1.82, 2.24) is 9.97 Å². The molecule has 4 atom stereocenters. The van der Waals surface area contributed by atoms with Crippen molar-refractivity contribution in [2.24, 2.45) is 17.4 Å². The second-order valence-electron chi connectivity index (χ2n) is 14.0. The van der Waals surface area contributed by atoms with E-state index in [1.54, 1.807) is 77.9 Å². The first-order chi connectivity index (χ1) is 34.3. The van der Waals surface area contributed by atoms with Crippen molar-refractivity contribution in [3.8, 4) is 11.8 Å². The Hall–Kier alpha value is -4.22. The molecule has 0 aliphatic carbocycles. The van der Waals surface area contributed by atoms with E-state index in [2.05, 4.69) is 73.8 Å². The quantitative estimate of drug-likeness (QED) is 0.0270. The number of pyridine rings is 2. The van der Waals surface area contributed by atoms with Crippen LogP contribution in [0, 0.1) is 5.92 Å². The van der Waals surface area contributed by atoms with Crippen LogP contribution in [0.5, 0.6) is 11.8 Å². The van der Waals surface area contributed by atoms with Gasteiger partial charge in [0.15, 0.2) is 0 Å². The van der Waals surface area contributed by atoms with Crippen molar-refractivity contribution >= 4 is 118 Å². The summed E-state index contributed by atoms with van der Waals surface area (Å²) in [4.78, 5) is 62.8. The summed E-state index contributed by atoms with van der Waals surface area (Å²) in [5, 5.41) is 7.78. The van der Waals surface area contributed by atoms with Crippen molar-refractivity contribution < 1.29 is 62.2 Å². The summed E-state index contributed by atoms with van der Waals surface area (Å²) in [5.74, 6) is -1.40. The van der Waals surface area contributed by atoms with Gasteiger partial charge in [0, 0.05) is 38.6 Å². The van der Waals surface area contributed by atoms with Gasteiger partial charge in [0.1, 0.15) is 42.4 Å². The second-order valence-corrected chi connectivity index (χ2v) is 19.0. The van der Waals surface area contributed by atoms with Crippen LogP contribution in [0.4, 0.5) is 0 Å². The van der Waals surface area contributed by atoms with E-state index in [0.717, 1.165) is 22.3 Å². The molecule has 2 heterocycles. The Morgan fingerprint density at radius 3 is 1.26 bits per heavy atom. The summed E-state index contributed by atoms with van der Waals surface area (Å²) >= 11 is 24.1. The zero-order valence-corrected chi connectivity index (χ0v) is 47.9. The fourth-order valence-electron chi connectivity index (χ4n) is 4.61. The van der Waals surface area contributed by atoms with Gasteiger partial charge >= 0.3 is 11.9 Å². The monoisotopic (exact) mass is 1400 g/mol. The maximum absolute atomic E-state index is 12.0. The molecule has 2 amide bonds. The van der Waals surface area contributed by atoms with Crippen LogP contribution >= 0.6 is 82.6 Å². The maximum Gasteiger partial charge on any atom is 0.319 e. The summed E-state index contributed by atoms with van der Waals surface area (Å²) in [5.41, 5.74) is 15.1. The van der Waals surface area contributed by atoms with E-state index in [1.807, 2.05) is 55.5 Å². The molecule has 4 rings (SSSR count). The molecule has 5 N–H and O–H groups in total. The lowest BCUT2D eigenvalue weighted by Gasteiger charge is -2.16. The zero-order valence-electron chi connectivity index (χ0n) is 40.9. The zero-order chi connectivity index (χ0) is 54.9. The Morgan fingerprint density at radius 1 is 0.605 bits per heavy atom. The number of hydrogen-bond acceptors (Lipinski definition) is 15. The van der Waals surface area contributed by atoms with E-state index in [9.17, 15) is 24.0 Å². The van der Waals surface area contributed by atoms with Gasteiger partial charge in [-0.15, -0.1) is 23.2 Å². The number of nitrogens with two attached hydrogens (primary N) is 2. The number of amides is 2. The number of primary amides is 2. The van der Waals surface area contributed by atoms with Crippen LogP contribution in [0.25, 0.3) is 6.08 Å². The second kappa shape index (κ2) is 64.9. The molecular weight excluding hydrogens is 1310 g/mol. The van der Waals surface area contributed by atoms with Gasteiger partial charge in [-0.3, -0.25) is 24.0 Å². The Labute approximate surface area is 528 Å². The number of hydrogen-bond donors (Lipinski definition) is 3. The Balaban J connectivity index is -0.0000000911. The summed E-state index contributed by atoms with van der Waals surface area (Å²) in [6.07, 6.45) is 5.48. The highest BCUT2D eigenvalue weighted by molar-refractivity contribution is 9.10. The first kappa shape index (κ1) is 102. The summed E-state index contributed by atoms with van der Waals surface area (Å²) in [6, 6.07) is 22.0. The lowest BCUT2D eigenvalue weighted by atomic mass is 10.0. The van der Waals surface area contributed by atoms with E-state index in [4.69, 9.17) is 75.1 Å². The normalized spacial score (nSPS) is 10.2. The molecule has 2 aromatic heterocycles. The number of carbonyl (C=O) groups is 5. The van der Waals surface area contributed by atoms with E-state index in [-0.39, 0.29) is 152 Å². The lowest BCUT2D eigenvalue weighted by molar-refractivity contribution is -0.149. The topological polar surface area (TPSA) is 248 Å². The molecule has 472 valence electrons. The van der Waals surface area contributed by atoms with E-state index >= 15 is 0 Å². The number of halogens is 6.